The quantitative estimate of drug-likeness (QED) is 0.397. The van der Waals surface area contributed by atoms with Gasteiger partial charge in [-0.15, -0.1) is 0 Å². The number of amides is 1. The molecule has 37 heavy (non-hydrogen) atoms. The van der Waals surface area contributed by atoms with E-state index in [0.717, 1.165) is 24.0 Å². The summed E-state index contributed by atoms with van der Waals surface area (Å²) in [6.45, 7) is 0.450. The van der Waals surface area contributed by atoms with E-state index in [0.29, 0.717) is 11.1 Å². The summed E-state index contributed by atoms with van der Waals surface area (Å²) in [5.41, 5.74) is -2.52. The van der Waals surface area contributed by atoms with Gasteiger partial charge >= 0.3 is 6.18 Å². The summed E-state index contributed by atoms with van der Waals surface area (Å²) in [5.74, 6) is -2.22. The Morgan fingerprint density at radius 3 is 2.41 bits per heavy atom. The van der Waals surface area contributed by atoms with Crippen LogP contribution in [0.5, 0.6) is 0 Å². The van der Waals surface area contributed by atoms with Crippen molar-refractivity contribution in [3.63, 3.8) is 0 Å². The summed E-state index contributed by atoms with van der Waals surface area (Å²) in [7, 11) is -3.50. The van der Waals surface area contributed by atoms with Gasteiger partial charge in [0.2, 0.25) is 5.91 Å². The number of fused-ring (bicyclic) bond motifs is 2. The molecule has 3 aliphatic rings. The van der Waals surface area contributed by atoms with Gasteiger partial charge in [-0.05, 0) is 34.9 Å². The van der Waals surface area contributed by atoms with E-state index in [1.807, 2.05) is 0 Å². The van der Waals surface area contributed by atoms with Crippen molar-refractivity contribution < 1.29 is 40.3 Å². The van der Waals surface area contributed by atoms with Crippen LogP contribution in [-0.2, 0) is 42.0 Å². The van der Waals surface area contributed by atoms with Crippen molar-refractivity contribution in [1.82, 2.24) is 4.90 Å². The third-order valence-corrected chi connectivity index (χ3v) is 8.03. The SMILES string of the molecule is CS(=O)(=O)CC(=O)N1CC2(C1)OCc1ccc(C3=NOC(c4cc(Cl)c(F)c(Cl)c4)(C(F)(F)F)C3)cc12. The van der Waals surface area contributed by atoms with Gasteiger partial charge in [0.15, 0.2) is 15.7 Å². The summed E-state index contributed by atoms with van der Waals surface area (Å²) >= 11 is 11.5. The van der Waals surface area contributed by atoms with Gasteiger partial charge < -0.3 is 14.5 Å². The Morgan fingerprint density at radius 2 is 1.81 bits per heavy atom. The van der Waals surface area contributed by atoms with Crippen LogP contribution in [0.3, 0.4) is 0 Å². The molecule has 0 aromatic heterocycles. The molecule has 1 spiro atoms. The van der Waals surface area contributed by atoms with Crippen LogP contribution in [0.1, 0.15) is 28.7 Å². The highest BCUT2D eigenvalue weighted by atomic mass is 35.5. The molecule has 0 N–H and O–H groups in total. The summed E-state index contributed by atoms with van der Waals surface area (Å²) in [5, 5.41) is 2.56. The first kappa shape index (κ1) is 26.2. The second-order valence-electron chi connectivity index (χ2n) is 9.36. The van der Waals surface area contributed by atoms with E-state index in [1.54, 1.807) is 18.2 Å². The molecule has 198 valence electrons. The summed E-state index contributed by atoms with van der Waals surface area (Å²) in [6.07, 6.45) is -4.70. The second-order valence-corrected chi connectivity index (χ2v) is 12.3. The average molecular weight is 581 g/mol. The van der Waals surface area contributed by atoms with E-state index in [1.165, 1.54) is 4.90 Å². The molecular weight excluding hydrogens is 563 g/mol. The highest BCUT2D eigenvalue weighted by Gasteiger charge is 2.62. The normalized spacial score (nSPS) is 22.5. The van der Waals surface area contributed by atoms with E-state index >= 15 is 0 Å². The van der Waals surface area contributed by atoms with Crippen molar-refractivity contribution in [2.75, 3.05) is 25.1 Å². The number of carbonyl (C=O) groups is 1. The molecule has 1 atom stereocenters. The molecule has 3 heterocycles. The largest absolute Gasteiger partial charge is 0.435 e. The first-order valence-electron chi connectivity index (χ1n) is 10.8. The Hall–Kier alpha value is -2.41. The Labute approximate surface area is 218 Å². The molecule has 1 amide bonds. The number of benzene rings is 2. The molecule has 2 aromatic rings. The van der Waals surface area contributed by atoms with Gasteiger partial charge in [0.05, 0.1) is 35.5 Å². The zero-order chi connectivity index (χ0) is 27.0. The van der Waals surface area contributed by atoms with E-state index < -0.39 is 66.7 Å². The lowest BCUT2D eigenvalue weighted by atomic mass is 9.82. The molecule has 0 bridgehead atoms. The van der Waals surface area contributed by atoms with Crippen LogP contribution >= 0.6 is 23.2 Å². The standard InChI is InChI=1S/C23H18Cl2F4N2O5S/c1-37(33,34)9-19(32)31-10-21(11-31)15-4-12(2-3-13(15)8-35-21)18-7-22(36-30-18,23(27,28)29)14-5-16(24)20(26)17(25)6-14/h2-6H,7-11H2,1H3. The number of hydrogen-bond donors (Lipinski definition) is 0. The Balaban J connectivity index is 1.42. The van der Waals surface area contributed by atoms with E-state index in [9.17, 15) is 30.8 Å². The van der Waals surface area contributed by atoms with Crippen molar-refractivity contribution in [2.24, 2.45) is 5.16 Å². The van der Waals surface area contributed by atoms with Gasteiger partial charge in [0.25, 0.3) is 5.60 Å². The van der Waals surface area contributed by atoms with E-state index in [-0.39, 0.29) is 25.4 Å². The number of hydrogen-bond acceptors (Lipinski definition) is 6. The number of nitrogens with zero attached hydrogens (tertiary/aromatic N) is 2. The molecule has 5 rings (SSSR count). The first-order valence-corrected chi connectivity index (χ1v) is 13.7. The fourth-order valence-corrected chi connectivity index (χ4v) is 5.89. The number of ether oxygens (including phenoxy) is 1. The zero-order valence-corrected chi connectivity index (χ0v) is 21.4. The molecule has 0 saturated carbocycles. The van der Waals surface area contributed by atoms with Crippen LogP contribution in [0.4, 0.5) is 17.6 Å². The maximum atomic E-state index is 14.3. The topological polar surface area (TPSA) is 85.3 Å². The third kappa shape index (κ3) is 4.37. The van der Waals surface area contributed by atoms with Crippen molar-refractivity contribution in [2.45, 2.75) is 30.4 Å². The van der Waals surface area contributed by atoms with Crippen molar-refractivity contribution in [3.8, 4) is 0 Å². The maximum Gasteiger partial charge on any atom is 0.435 e. The molecular formula is C23H18Cl2F4N2O5S. The highest BCUT2D eigenvalue weighted by Crippen LogP contribution is 2.51. The van der Waals surface area contributed by atoms with Crippen LogP contribution in [0.2, 0.25) is 10.0 Å². The number of oxime groups is 1. The van der Waals surface area contributed by atoms with Gasteiger partial charge in [0, 0.05) is 18.2 Å². The summed E-state index contributed by atoms with van der Waals surface area (Å²) in [6, 6.07) is 6.56. The smallest absolute Gasteiger partial charge is 0.374 e. The first-order chi connectivity index (χ1) is 17.1. The van der Waals surface area contributed by atoms with Gasteiger partial charge in [0.1, 0.15) is 11.4 Å². The lowest BCUT2D eigenvalue weighted by Gasteiger charge is -2.47. The molecule has 3 aliphatic heterocycles. The van der Waals surface area contributed by atoms with Crippen LogP contribution in [-0.4, -0.2) is 56.2 Å². The summed E-state index contributed by atoms with van der Waals surface area (Å²) in [4.78, 5) is 18.6. The van der Waals surface area contributed by atoms with Crippen molar-refractivity contribution in [1.29, 1.82) is 0 Å². The minimum absolute atomic E-state index is 0.0110. The van der Waals surface area contributed by atoms with Crippen LogP contribution < -0.4 is 0 Å². The number of rotatable bonds is 4. The van der Waals surface area contributed by atoms with Crippen LogP contribution in [0.15, 0.2) is 35.5 Å². The van der Waals surface area contributed by atoms with Crippen LogP contribution in [0.25, 0.3) is 0 Å². The number of halogens is 6. The molecule has 0 aliphatic carbocycles. The molecule has 14 heteroatoms. The van der Waals surface area contributed by atoms with Crippen molar-refractivity contribution in [3.05, 3.63) is 68.4 Å². The number of sulfone groups is 1. The van der Waals surface area contributed by atoms with Gasteiger partial charge in [-0.1, -0.05) is 40.5 Å². The Bertz CT molecular complexity index is 1430. The van der Waals surface area contributed by atoms with Gasteiger partial charge in [-0.2, -0.15) is 13.2 Å². The zero-order valence-electron chi connectivity index (χ0n) is 19.0. The number of likely N-dealkylation sites (tertiary alicyclic amines) is 1. The molecule has 1 unspecified atom stereocenters. The molecule has 1 fully saturated rings. The monoisotopic (exact) mass is 580 g/mol. The lowest BCUT2D eigenvalue weighted by molar-refractivity contribution is -0.275. The fourth-order valence-electron chi connectivity index (χ4n) is 4.77. The predicted molar refractivity (Wildman–Crippen MR) is 126 cm³/mol. The van der Waals surface area contributed by atoms with Crippen LogP contribution in [0, 0.1) is 5.82 Å². The van der Waals surface area contributed by atoms with E-state index in [2.05, 4.69) is 5.16 Å². The Kier molecular flexibility index (Phi) is 6.06. The minimum Gasteiger partial charge on any atom is -0.374 e. The maximum absolute atomic E-state index is 14.3. The minimum atomic E-state index is -4.95. The van der Waals surface area contributed by atoms with Crippen molar-refractivity contribution >= 4 is 44.7 Å². The summed E-state index contributed by atoms with van der Waals surface area (Å²) < 4.78 is 85.7. The lowest BCUT2D eigenvalue weighted by Crippen LogP contribution is -2.62. The third-order valence-electron chi connectivity index (χ3n) is 6.70. The second kappa shape index (κ2) is 8.55. The molecule has 1 saturated heterocycles. The fraction of sp³-hybridized carbons (Fsp3) is 0.391. The predicted octanol–water partition coefficient (Wildman–Crippen LogP) is 4.33. The molecule has 0 radical (unpaired) electrons. The number of carbonyl (C=O) groups excluding carboxylic acids is 1. The molecule has 2 aromatic carbocycles. The van der Waals surface area contributed by atoms with E-state index in [4.69, 9.17) is 32.8 Å². The Morgan fingerprint density at radius 1 is 1.16 bits per heavy atom. The highest BCUT2D eigenvalue weighted by molar-refractivity contribution is 7.91. The number of alkyl halides is 3. The van der Waals surface area contributed by atoms with Gasteiger partial charge in [-0.3, -0.25) is 4.79 Å². The van der Waals surface area contributed by atoms with Gasteiger partial charge in [-0.25, -0.2) is 12.8 Å². The average Bonchev–Trinajstić information content (AvgIpc) is 3.37. The molecule has 7 nitrogen and oxygen atoms in total.